The fourth-order valence-electron chi connectivity index (χ4n) is 3.22. The number of aryl methyl sites for hydroxylation is 1. The van der Waals surface area contributed by atoms with Crippen molar-refractivity contribution in [2.24, 2.45) is 0 Å². The van der Waals surface area contributed by atoms with E-state index in [0.29, 0.717) is 6.04 Å². The smallest absolute Gasteiger partial charge is 0.257 e. The van der Waals surface area contributed by atoms with Crippen LogP contribution >= 0.6 is 0 Å². The van der Waals surface area contributed by atoms with Gasteiger partial charge in [-0.25, -0.2) is 0 Å². The van der Waals surface area contributed by atoms with Gasteiger partial charge in [-0.2, -0.15) is 5.10 Å². The van der Waals surface area contributed by atoms with Crippen molar-refractivity contribution in [2.45, 2.75) is 58.5 Å². The molecule has 0 radical (unpaired) electrons. The van der Waals surface area contributed by atoms with Gasteiger partial charge in [0.2, 0.25) is 0 Å². The number of nitrogens with zero attached hydrogens (tertiary/aromatic N) is 4. The molecule has 1 aromatic rings. The van der Waals surface area contributed by atoms with Crippen molar-refractivity contribution >= 4 is 5.91 Å². The van der Waals surface area contributed by atoms with E-state index in [1.165, 1.54) is 6.42 Å². The molecule has 1 fully saturated rings. The lowest BCUT2D eigenvalue weighted by molar-refractivity contribution is 0.0590. The first kappa shape index (κ1) is 17.0. The summed E-state index contributed by atoms with van der Waals surface area (Å²) in [5.41, 5.74) is 1.79. The van der Waals surface area contributed by atoms with Gasteiger partial charge in [0.05, 0.1) is 11.8 Å². The topological polar surface area (TPSA) is 41.4 Å². The number of hydrogen-bond donors (Lipinski definition) is 0. The van der Waals surface area contributed by atoms with Crippen LogP contribution in [0.3, 0.4) is 0 Å². The van der Waals surface area contributed by atoms with Crippen molar-refractivity contribution in [2.75, 3.05) is 27.2 Å². The summed E-state index contributed by atoms with van der Waals surface area (Å²) < 4.78 is 1.95. The maximum absolute atomic E-state index is 13.0. The maximum Gasteiger partial charge on any atom is 0.257 e. The van der Waals surface area contributed by atoms with Crippen molar-refractivity contribution in [1.29, 1.82) is 0 Å². The Labute approximate surface area is 134 Å². The summed E-state index contributed by atoms with van der Waals surface area (Å²) in [7, 11) is 4.18. The van der Waals surface area contributed by atoms with Crippen LogP contribution in [0.2, 0.25) is 0 Å². The molecule has 22 heavy (non-hydrogen) atoms. The maximum atomic E-state index is 13.0. The Hall–Kier alpha value is -1.36. The van der Waals surface area contributed by atoms with Crippen molar-refractivity contribution < 1.29 is 4.79 Å². The number of aromatic nitrogens is 2. The van der Waals surface area contributed by atoms with Crippen molar-refractivity contribution in [1.82, 2.24) is 19.6 Å². The molecule has 1 amide bonds. The Bertz CT molecular complexity index is 495. The summed E-state index contributed by atoms with van der Waals surface area (Å²) in [6, 6.07) is 0.373. The lowest BCUT2D eigenvalue weighted by atomic mass is 9.98. The molecule has 0 saturated carbocycles. The lowest BCUT2D eigenvalue weighted by Crippen LogP contribution is -2.45. The summed E-state index contributed by atoms with van der Waals surface area (Å²) in [5, 5.41) is 4.38. The Morgan fingerprint density at radius 1 is 1.41 bits per heavy atom. The SMILES string of the molecule is CCCn1ncc(C(=O)N2CCCC[C@@H]2CCN(C)C)c1C. The third kappa shape index (κ3) is 3.88. The lowest BCUT2D eigenvalue weighted by Gasteiger charge is -2.36. The molecule has 0 aliphatic carbocycles. The zero-order chi connectivity index (χ0) is 16.1. The molecule has 0 aromatic carbocycles. The normalized spacial score (nSPS) is 19.0. The standard InChI is InChI=1S/C17H30N4O/c1-5-10-21-14(2)16(13-18-21)17(22)20-11-7-6-8-15(20)9-12-19(3)4/h13,15H,5-12H2,1-4H3/t15-/m1/s1. The van der Waals surface area contributed by atoms with Gasteiger partial charge in [-0.15, -0.1) is 0 Å². The first-order chi connectivity index (χ1) is 10.5. The van der Waals surface area contributed by atoms with Gasteiger partial charge >= 0.3 is 0 Å². The van der Waals surface area contributed by atoms with Gasteiger partial charge in [-0.3, -0.25) is 9.48 Å². The number of carbonyl (C=O) groups excluding carboxylic acids is 1. The number of amides is 1. The van der Waals surface area contributed by atoms with E-state index in [1.54, 1.807) is 6.20 Å². The van der Waals surface area contributed by atoms with Gasteiger partial charge in [0, 0.05) is 24.8 Å². The van der Waals surface area contributed by atoms with Crippen LogP contribution in [0.1, 0.15) is 55.1 Å². The molecule has 2 heterocycles. The van der Waals surface area contributed by atoms with Crippen molar-refractivity contribution in [3.63, 3.8) is 0 Å². The molecule has 1 aromatic heterocycles. The zero-order valence-corrected chi connectivity index (χ0v) is 14.5. The average molecular weight is 306 g/mol. The number of rotatable bonds is 6. The van der Waals surface area contributed by atoms with Crippen molar-refractivity contribution in [3.8, 4) is 0 Å². The predicted octanol–water partition coefficient (Wildman–Crippen LogP) is 2.55. The molecule has 0 N–H and O–H groups in total. The molecular formula is C17H30N4O. The van der Waals surface area contributed by atoms with E-state index in [1.807, 2.05) is 11.6 Å². The minimum atomic E-state index is 0.170. The Kier molecular flexibility index (Phi) is 6.00. The highest BCUT2D eigenvalue weighted by molar-refractivity contribution is 5.95. The van der Waals surface area contributed by atoms with Crippen LogP contribution in [0.4, 0.5) is 0 Å². The fraction of sp³-hybridized carbons (Fsp3) is 0.765. The van der Waals surface area contributed by atoms with Crippen LogP contribution in [0.25, 0.3) is 0 Å². The largest absolute Gasteiger partial charge is 0.336 e. The van der Waals surface area contributed by atoms with Gasteiger partial charge in [-0.05, 0) is 59.7 Å². The second kappa shape index (κ2) is 7.77. The van der Waals surface area contributed by atoms with Crippen LogP contribution < -0.4 is 0 Å². The summed E-state index contributed by atoms with van der Waals surface area (Å²) in [4.78, 5) is 17.2. The fourth-order valence-corrected chi connectivity index (χ4v) is 3.22. The molecule has 124 valence electrons. The third-order valence-electron chi connectivity index (χ3n) is 4.57. The highest BCUT2D eigenvalue weighted by Gasteiger charge is 2.29. The second-order valence-corrected chi connectivity index (χ2v) is 6.61. The van der Waals surface area contributed by atoms with Crippen LogP contribution in [0, 0.1) is 6.92 Å². The number of piperidine rings is 1. The molecule has 1 aliphatic heterocycles. The molecule has 0 unspecified atom stereocenters. The first-order valence-corrected chi connectivity index (χ1v) is 8.52. The molecule has 2 rings (SSSR count). The minimum absolute atomic E-state index is 0.170. The number of hydrogen-bond acceptors (Lipinski definition) is 3. The number of likely N-dealkylation sites (tertiary alicyclic amines) is 1. The van der Waals surface area contributed by atoms with E-state index in [9.17, 15) is 4.79 Å². The summed E-state index contributed by atoms with van der Waals surface area (Å²) in [6.45, 7) is 6.93. The molecule has 1 atom stereocenters. The van der Waals surface area contributed by atoms with E-state index >= 15 is 0 Å². The first-order valence-electron chi connectivity index (χ1n) is 8.52. The molecule has 1 saturated heterocycles. The average Bonchev–Trinajstić information content (AvgIpc) is 2.86. The predicted molar refractivity (Wildman–Crippen MR) is 89.1 cm³/mol. The highest BCUT2D eigenvalue weighted by Crippen LogP contribution is 2.23. The summed E-state index contributed by atoms with van der Waals surface area (Å²) in [5.74, 6) is 0.170. The molecular weight excluding hydrogens is 276 g/mol. The number of carbonyl (C=O) groups is 1. The second-order valence-electron chi connectivity index (χ2n) is 6.61. The van der Waals surface area contributed by atoms with Gasteiger partial charge < -0.3 is 9.80 Å². The quantitative estimate of drug-likeness (QED) is 0.811. The van der Waals surface area contributed by atoms with Gasteiger partial charge in [-0.1, -0.05) is 6.92 Å². The monoisotopic (exact) mass is 306 g/mol. The minimum Gasteiger partial charge on any atom is -0.336 e. The zero-order valence-electron chi connectivity index (χ0n) is 14.5. The van der Waals surface area contributed by atoms with Gasteiger partial charge in [0.25, 0.3) is 5.91 Å². The van der Waals surface area contributed by atoms with Gasteiger partial charge in [0.15, 0.2) is 0 Å². The Balaban J connectivity index is 2.11. The van der Waals surface area contributed by atoms with Crippen molar-refractivity contribution in [3.05, 3.63) is 17.5 Å². The van der Waals surface area contributed by atoms with E-state index in [4.69, 9.17) is 0 Å². The van der Waals surface area contributed by atoms with E-state index in [2.05, 4.69) is 35.9 Å². The van der Waals surface area contributed by atoms with Gasteiger partial charge in [0.1, 0.15) is 0 Å². The third-order valence-corrected chi connectivity index (χ3v) is 4.57. The molecule has 1 aliphatic rings. The molecule has 5 heteroatoms. The molecule has 0 bridgehead atoms. The Morgan fingerprint density at radius 3 is 2.86 bits per heavy atom. The molecule has 0 spiro atoms. The summed E-state index contributed by atoms with van der Waals surface area (Å²) in [6.07, 6.45) is 7.32. The van der Waals surface area contributed by atoms with E-state index in [-0.39, 0.29) is 5.91 Å². The Morgan fingerprint density at radius 2 is 2.18 bits per heavy atom. The summed E-state index contributed by atoms with van der Waals surface area (Å²) >= 11 is 0. The molecule has 5 nitrogen and oxygen atoms in total. The van der Waals surface area contributed by atoms with Crippen LogP contribution in [0.5, 0.6) is 0 Å². The van der Waals surface area contributed by atoms with E-state index < -0.39 is 0 Å². The van der Waals surface area contributed by atoms with E-state index in [0.717, 1.165) is 56.6 Å². The van der Waals surface area contributed by atoms with Crippen LogP contribution in [-0.2, 0) is 6.54 Å². The van der Waals surface area contributed by atoms with Crippen LogP contribution in [0.15, 0.2) is 6.20 Å². The highest BCUT2D eigenvalue weighted by atomic mass is 16.2. The van der Waals surface area contributed by atoms with Crippen LogP contribution in [-0.4, -0.2) is 58.7 Å².